The number of hydrogen-bond acceptors (Lipinski definition) is 6. The van der Waals surface area contributed by atoms with E-state index in [1.165, 1.54) is 48.5 Å². The minimum atomic E-state index is -0.622. The quantitative estimate of drug-likeness (QED) is 0.552. The monoisotopic (exact) mass is 350 g/mol. The van der Waals surface area contributed by atoms with Gasteiger partial charge in [-0.05, 0) is 48.5 Å². The molecule has 0 amide bonds. The largest absolute Gasteiger partial charge is 0.508 e. The van der Waals surface area contributed by atoms with E-state index in [-0.39, 0.29) is 34.1 Å². The van der Waals surface area contributed by atoms with Crippen molar-refractivity contribution in [3.05, 3.63) is 83.9 Å². The van der Waals surface area contributed by atoms with Gasteiger partial charge in [-0.2, -0.15) is 0 Å². The van der Waals surface area contributed by atoms with Gasteiger partial charge in [0.25, 0.3) is 0 Å². The van der Waals surface area contributed by atoms with Crippen LogP contribution >= 0.6 is 0 Å². The molecule has 0 aliphatic carbocycles. The number of phenols is 2. The smallest absolute Gasteiger partial charge is 0.343 e. The van der Waals surface area contributed by atoms with E-state index in [9.17, 15) is 19.8 Å². The summed E-state index contributed by atoms with van der Waals surface area (Å²) in [6, 6.07) is 17.5. The molecule has 0 radical (unpaired) electrons. The van der Waals surface area contributed by atoms with Crippen LogP contribution in [0.1, 0.15) is 20.7 Å². The minimum Gasteiger partial charge on any atom is -0.508 e. The Kier molecular flexibility index (Phi) is 4.85. The highest BCUT2D eigenvalue weighted by molar-refractivity contribution is 5.94. The predicted molar refractivity (Wildman–Crippen MR) is 92.6 cm³/mol. The number of esters is 2. The van der Waals surface area contributed by atoms with Crippen LogP contribution in [0.25, 0.3) is 0 Å². The van der Waals surface area contributed by atoms with Gasteiger partial charge in [0.2, 0.25) is 0 Å². The number of phenolic OH excluding ortho intramolecular Hbond substituents is 2. The number of benzene rings is 3. The van der Waals surface area contributed by atoms with Gasteiger partial charge in [-0.1, -0.05) is 12.1 Å². The van der Waals surface area contributed by atoms with Crippen molar-refractivity contribution in [3.8, 4) is 23.0 Å². The molecule has 0 aromatic heterocycles. The SMILES string of the molecule is O=C(Oc1cccc(O)c1)c1ccc(C(=O)Oc2cccc(O)c2)cc1. The van der Waals surface area contributed by atoms with Crippen molar-refractivity contribution in [2.24, 2.45) is 0 Å². The van der Waals surface area contributed by atoms with E-state index in [4.69, 9.17) is 9.47 Å². The van der Waals surface area contributed by atoms with E-state index in [1.807, 2.05) is 0 Å². The number of carbonyl (C=O) groups is 2. The van der Waals surface area contributed by atoms with Crippen molar-refractivity contribution in [2.75, 3.05) is 0 Å². The average molecular weight is 350 g/mol. The molecule has 6 nitrogen and oxygen atoms in total. The molecule has 0 bridgehead atoms. The Labute approximate surface area is 148 Å². The molecule has 0 atom stereocenters. The second kappa shape index (κ2) is 7.40. The molecule has 0 aliphatic rings. The lowest BCUT2D eigenvalue weighted by Gasteiger charge is -2.07. The van der Waals surface area contributed by atoms with E-state index < -0.39 is 11.9 Å². The molecule has 0 heterocycles. The molecule has 3 aromatic rings. The molecule has 0 saturated carbocycles. The van der Waals surface area contributed by atoms with Crippen LogP contribution in [0, 0.1) is 0 Å². The molecule has 0 saturated heterocycles. The highest BCUT2D eigenvalue weighted by Crippen LogP contribution is 2.20. The molecule has 3 rings (SSSR count). The number of aromatic hydroxyl groups is 2. The van der Waals surface area contributed by atoms with E-state index in [0.29, 0.717) is 0 Å². The summed E-state index contributed by atoms with van der Waals surface area (Å²) >= 11 is 0. The van der Waals surface area contributed by atoms with Gasteiger partial charge in [0, 0.05) is 12.1 Å². The number of rotatable bonds is 4. The van der Waals surface area contributed by atoms with Crippen LogP contribution in [-0.4, -0.2) is 22.2 Å². The van der Waals surface area contributed by atoms with Gasteiger partial charge in [0.05, 0.1) is 11.1 Å². The Morgan fingerprint density at radius 2 is 1.00 bits per heavy atom. The maximum atomic E-state index is 12.1. The molecular formula is C20H14O6. The van der Waals surface area contributed by atoms with Crippen molar-refractivity contribution >= 4 is 11.9 Å². The summed E-state index contributed by atoms with van der Waals surface area (Å²) in [6.45, 7) is 0. The lowest BCUT2D eigenvalue weighted by molar-refractivity contribution is 0.0720. The van der Waals surface area contributed by atoms with Crippen molar-refractivity contribution in [2.45, 2.75) is 0 Å². The maximum Gasteiger partial charge on any atom is 0.343 e. The van der Waals surface area contributed by atoms with E-state index in [0.717, 1.165) is 0 Å². The van der Waals surface area contributed by atoms with Gasteiger partial charge in [0.1, 0.15) is 23.0 Å². The van der Waals surface area contributed by atoms with Crippen LogP contribution in [0.2, 0.25) is 0 Å². The zero-order chi connectivity index (χ0) is 18.5. The summed E-state index contributed by atoms with van der Waals surface area (Å²) in [5.41, 5.74) is 0.476. The van der Waals surface area contributed by atoms with Crippen molar-refractivity contribution in [3.63, 3.8) is 0 Å². The molecule has 0 spiro atoms. The average Bonchev–Trinajstić information content (AvgIpc) is 2.62. The molecular weight excluding hydrogens is 336 g/mol. The van der Waals surface area contributed by atoms with Crippen LogP contribution in [0.15, 0.2) is 72.8 Å². The Hall–Kier alpha value is -3.80. The number of hydrogen-bond donors (Lipinski definition) is 2. The first-order valence-electron chi connectivity index (χ1n) is 7.64. The van der Waals surface area contributed by atoms with E-state index >= 15 is 0 Å². The molecule has 0 aliphatic heterocycles. The third-order valence-electron chi connectivity index (χ3n) is 3.41. The third kappa shape index (κ3) is 4.18. The standard InChI is InChI=1S/C20H14O6/c21-15-3-1-5-17(11-15)25-19(23)13-7-9-14(10-8-13)20(24)26-18-6-2-4-16(22)12-18/h1-12,21-22H. The number of ether oxygens (including phenoxy) is 2. The summed E-state index contributed by atoms with van der Waals surface area (Å²) in [4.78, 5) is 24.2. The normalized spacial score (nSPS) is 10.2. The molecule has 130 valence electrons. The Bertz CT molecular complexity index is 868. The van der Waals surface area contributed by atoms with E-state index in [1.54, 1.807) is 24.3 Å². The van der Waals surface area contributed by atoms with Crippen molar-refractivity contribution in [1.29, 1.82) is 0 Å². The zero-order valence-electron chi connectivity index (χ0n) is 13.5. The fourth-order valence-electron chi connectivity index (χ4n) is 2.17. The molecule has 26 heavy (non-hydrogen) atoms. The first kappa shape index (κ1) is 17.0. The zero-order valence-corrected chi connectivity index (χ0v) is 13.5. The Balaban J connectivity index is 1.67. The fraction of sp³-hybridized carbons (Fsp3) is 0. The van der Waals surface area contributed by atoms with Crippen LogP contribution in [0.4, 0.5) is 0 Å². The van der Waals surface area contributed by atoms with Gasteiger partial charge in [-0.15, -0.1) is 0 Å². The van der Waals surface area contributed by atoms with Crippen LogP contribution < -0.4 is 9.47 Å². The minimum absolute atomic E-state index is 0.0136. The first-order chi connectivity index (χ1) is 12.5. The molecule has 2 N–H and O–H groups in total. The Morgan fingerprint density at radius 1 is 0.615 bits per heavy atom. The topological polar surface area (TPSA) is 93.1 Å². The maximum absolute atomic E-state index is 12.1. The lowest BCUT2D eigenvalue weighted by atomic mass is 10.1. The lowest BCUT2D eigenvalue weighted by Crippen LogP contribution is -2.11. The summed E-state index contributed by atoms with van der Waals surface area (Å²) < 4.78 is 10.3. The van der Waals surface area contributed by atoms with Gasteiger partial charge in [-0.25, -0.2) is 9.59 Å². The highest BCUT2D eigenvalue weighted by Gasteiger charge is 2.13. The van der Waals surface area contributed by atoms with E-state index in [2.05, 4.69) is 0 Å². The Morgan fingerprint density at radius 3 is 1.35 bits per heavy atom. The molecule has 3 aromatic carbocycles. The molecule has 6 heteroatoms. The summed E-state index contributed by atoms with van der Waals surface area (Å²) in [5, 5.41) is 18.7. The van der Waals surface area contributed by atoms with Gasteiger partial charge >= 0.3 is 11.9 Å². The third-order valence-corrected chi connectivity index (χ3v) is 3.41. The second-order valence-corrected chi connectivity index (χ2v) is 5.35. The van der Waals surface area contributed by atoms with Gasteiger partial charge in [-0.3, -0.25) is 0 Å². The summed E-state index contributed by atoms with van der Waals surface area (Å²) in [6.07, 6.45) is 0. The highest BCUT2D eigenvalue weighted by atomic mass is 16.5. The summed E-state index contributed by atoms with van der Waals surface area (Å²) in [5.74, 6) is -0.850. The molecule has 0 unspecified atom stereocenters. The van der Waals surface area contributed by atoms with Crippen LogP contribution in [0.3, 0.4) is 0 Å². The van der Waals surface area contributed by atoms with Crippen molar-refractivity contribution in [1.82, 2.24) is 0 Å². The number of carbonyl (C=O) groups excluding carboxylic acids is 2. The summed E-state index contributed by atoms with van der Waals surface area (Å²) in [7, 11) is 0. The van der Waals surface area contributed by atoms with Gasteiger partial charge in [0.15, 0.2) is 0 Å². The fourth-order valence-corrected chi connectivity index (χ4v) is 2.17. The predicted octanol–water partition coefficient (Wildman–Crippen LogP) is 3.54. The van der Waals surface area contributed by atoms with Crippen molar-refractivity contribution < 1.29 is 29.3 Å². The van der Waals surface area contributed by atoms with Gasteiger partial charge < -0.3 is 19.7 Å². The van der Waals surface area contributed by atoms with Crippen LogP contribution in [-0.2, 0) is 0 Å². The first-order valence-corrected chi connectivity index (χ1v) is 7.64. The second-order valence-electron chi connectivity index (χ2n) is 5.35. The molecule has 0 fully saturated rings. The van der Waals surface area contributed by atoms with Crippen LogP contribution in [0.5, 0.6) is 23.0 Å².